The van der Waals surface area contributed by atoms with Gasteiger partial charge < -0.3 is 15.4 Å². The summed E-state index contributed by atoms with van der Waals surface area (Å²) >= 11 is 0. The van der Waals surface area contributed by atoms with Crippen molar-refractivity contribution in [2.24, 2.45) is 4.99 Å². The molecule has 0 atom stereocenters. The van der Waals surface area contributed by atoms with Crippen LogP contribution in [0.3, 0.4) is 0 Å². The van der Waals surface area contributed by atoms with Crippen LogP contribution in [-0.4, -0.2) is 45.1 Å². The third-order valence-electron chi connectivity index (χ3n) is 5.17. The Balaban J connectivity index is 1.99. The summed E-state index contributed by atoms with van der Waals surface area (Å²) in [6.45, 7) is 6.31. The molecule has 1 aliphatic carbocycles. The highest BCUT2D eigenvalue weighted by atomic mass is 32.2. The number of sulfone groups is 1. The van der Waals surface area contributed by atoms with E-state index < -0.39 is 14.6 Å². The molecule has 1 fully saturated rings. The van der Waals surface area contributed by atoms with Crippen molar-refractivity contribution in [2.75, 3.05) is 19.8 Å². The highest BCUT2D eigenvalue weighted by molar-refractivity contribution is 7.92. The lowest BCUT2D eigenvalue weighted by Crippen LogP contribution is -2.47. The van der Waals surface area contributed by atoms with Gasteiger partial charge in [-0.1, -0.05) is 12.1 Å². The summed E-state index contributed by atoms with van der Waals surface area (Å²) in [6, 6.07) is 6.22. The van der Waals surface area contributed by atoms with E-state index in [0.29, 0.717) is 18.6 Å². The maximum Gasteiger partial charge on any atom is 0.191 e. The van der Waals surface area contributed by atoms with E-state index in [1.54, 1.807) is 20.9 Å². The fraction of sp³-hybridized carbons (Fsp3) is 0.650. The van der Waals surface area contributed by atoms with Gasteiger partial charge in [0.1, 0.15) is 5.75 Å². The number of ether oxygens (including phenoxy) is 1. The molecule has 2 rings (SSSR count). The van der Waals surface area contributed by atoms with E-state index in [0.717, 1.165) is 24.2 Å². The van der Waals surface area contributed by atoms with Crippen LogP contribution >= 0.6 is 0 Å². The van der Waals surface area contributed by atoms with Crippen LogP contribution in [0.1, 0.15) is 50.7 Å². The van der Waals surface area contributed by atoms with Crippen molar-refractivity contribution in [3.63, 3.8) is 0 Å². The zero-order chi connectivity index (χ0) is 20.1. The fourth-order valence-electron chi connectivity index (χ4n) is 2.93. The molecular formula is C20H33N3O3S. The second kappa shape index (κ2) is 8.95. The number of nitrogens with one attached hydrogen (secondary N) is 2. The monoisotopic (exact) mass is 395 g/mol. The summed E-state index contributed by atoms with van der Waals surface area (Å²) in [6.07, 6.45) is 6.26. The minimum Gasteiger partial charge on any atom is -0.490 e. The summed E-state index contributed by atoms with van der Waals surface area (Å²) in [5.41, 5.74) is 2.24. The first-order valence-corrected chi connectivity index (χ1v) is 11.4. The SMILES string of the molecule is CN=C(NCc1ccc(C)cc1OC1CCCC1)NCC(C)(C)S(C)(=O)=O. The zero-order valence-corrected chi connectivity index (χ0v) is 17.9. The van der Waals surface area contributed by atoms with Crippen LogP contribution in [0, 0.1) is 6.92 Å². The van der Waals surface area contributed by atoms with E-state index in [2.05, 4.69) is 40.7 Å². The number of nitrogens with zero attached hydrogens (tertiary/aromatic N) is 1. The highest BCUT2D eigenvalue weighted by Crippen LogP contribution is 2.27. The summed E-state index contributed by atoms with van der Waals surface area (Å²) < 4.78 is 29.1. The molecule has 0 aromatic heterocycles. The van der Waals surface area contributed by atoms with Gasteiger partial charge in [-0.25, -0.2) is 8.42 Å². The quantitative estimate of drug-likeness (QED) is 0.548. The van der Waals surface area contributed by atoms with E-state index in [4.69, 9.17) is 4.74 Å². The molecule has 0 bridgehead atoms. The lowest BCUT2D eigenvalue weighted by molar-refractivity contribution is 0.207. The van der Waals surface area contributed by atoms with Crippen LogP contribution in [0.15, 0.2) is 23.2 Å². The average Bonchev–Trinajstić information content (AvgIpc) is 3.08. The molecule has 1 aliphatic rings. The first kappa shape index (κ1) is 21.5. The average molecular weight is 396 g/mol. The van der Waals surface area contributed by atoms with Gasteiger partial charge in [0.05, 0.1) is 10.9 Å². The molecule has 1 aromatic carbocycles. The van der Waals surface area contributed by atoms with Crippen LogP contribution in [0.4, 0.5) is 0 Å². The molecule has 0 spiro atoms. The number of hydrogen-bond donors (Lipinski definition) is 2. The van der Waals surface area contributed by atoms with Crippen molar-refractivity contribution in [1.82, 2.24) is 10.6 Å². The first-order valence-electron chi connectivity index (χ1n) is 9.53. The lowest BCUT2D eigenvalue weighted by Gasteiger charge is -2.24. The summed E-state index contributed by atoms with van der Waals surface area (Å²) in [7, 11) is -1.49. The standard InChI is InChI=1S/C20H33N3O3S/c1-15-10-11-16(18(12-15)26-17-8-6-7-9-17)13-22-19(21-4)23-14-20(2,3)27(5,24)25/h10-12,17H,6-9,13-14H2,1-5H3,(H2,21,22,23). The van der Waals surface area contributed by atoms with Gasteiger partial charge in [-0.3, -0.25) is 4.99 Å². The van der Waals surface area contributed by atoms with Crippen LogP contribution in [0.5, 0.6) is 5.75 Å². The molecule has 0 heterocycles. The minimum atomic E-state index is -3.16. The van der Waals surface area contributed by atoms with Crippen LogP contribution in [-0.2, 0) is 16.4 Å². The van der Waals surface area contributed by atoms with Crippen molar-refractivity contribution < 1.29 is 13.2 Å². The number of hydrogen-bond acceptors (Lipinski definition) is 4. The topological polar surface area (TPSA) is 79.8 Å². The van der Waals surface area contributed by atoms with Crippen molar-refractivity contribution in [3.8, 4) is 5.75 Å². The van der Waals surface area contributed by atoms with Gasteiger partial charge in [-0.15, -0.1) is 0 Å². The second-order valence-electron chi connectivity index (χ2n) is 7.95. The summed E-state index contributed by atoms with van der Waals surface area (Å²) in [5.74, 6) is 1.49. The van der Waals surface area contributed by atoms with Crippen LogP contribution in [0.25, 0.3) is 0 Å². The molecule has 1 saturated carbocycles. The molecule has 0 aliphatic heterocycles. The molecule has 0 saturated heterocycles. The Morgan fingerprint density at radius 2 is 1.93 bits per heavy atom. The molecule has 152 valence electrons. The summed E-state index contributed by atoms with van der Waals surface area (Å²) in [5, 5.41) is 6.37. The van der Waals surface area contributed by atoms with E-state index in [9.17, 15) is 8.42 Å². The van der Waals surface area contributed by atoms with Gasteiger partial charge in [-0.2, -0.15) is 0 Å². The smallest absolute Gasteiger partial charge is 0.191 e. The third-order valence-corrected chi connectivity index (χ3v) is 7.33. The van der Waals surface area contributed by atoms with Crippen molar-refractivity contribution in [1.29, 1.82) is 0 Å². The lowest BCUT2D eigenvalue weighted by atomic mass is 10.1. The molecule has 0 unspecified atom stereocenters. The Labute approximate surface area is 163 Å². The number of guanidine groups is 1. The van der Waals surface area contributed by atoms with E-state index in [1.165, 1.54) is 24.7 Å². The van der Waals surface area contributed by atoms with Gasteiger partial charge in [0, 0.05) is 32.0 Å². The van der Waals surface area contributed by atoms with Crippen molar-refractivity contribution in [3.05, 3.63) is 29.3 Å². The molecule has 1 aromatic rings. The van der Waals surface area contributed by atoms with Gasteiger partial charge in [0.2, 0.25) is 0 Å². The van der Waals surface area contributed by atoms with Gasteiger partial charge in [0.15, 0.2) is 15.8 Å². The Morgan fingerprint density at radius 1 is 1.26 bits per heavy atom. The highest BCUT2D eigenvalue weighted by Gasteiger charge is 2.30. The van der Waals surface area contributed by atoms with Crippen molar-refractivity contribution >= 4 is 15.8 Å². The largest absolute Gasteiger partial charge is 0.490 e. The number of rotatable bonds is 7. The molecule has 2 N–H and O–H groups in total. The Hall–Kier alpha value is -1.76. The molecule has 27 heavy (non-hydrogen) atoms. The molecule has 7 heteroatoms. The maximum absolute atomic E-state index is 11.9. The van der Waals surface area contributed by atoms with E-state index >= 15 is 0 Å². The molecule has 0 radical (unpaired) electrons. The van der Waals surface area contributed by atoms with Gasteiger partial charge in [0.25, 0.3) is 0 Å². The third kappa shape index (κ3) is 6.13. The molecule has 6 nitrogen and oxygen atoms in total. The Kier molecular flexibility index (Phi) is 7.14. The second-order valence-corrected chi connectivity index (χ2v) is 10.6. The van der Waals surface area contributed by atoms with Crippen LogP contribution < -0.4 is 15.4 Å². The van der Waals surface area contributed by atoms with Crippen LogP contribution in [0.2, 0.25) is 0 Å². The fourth-order valence-corrected chi connectivity index (χ4v) is 3.26. The first-order chi connectivity index (χ1) is 12.6. The minimum absolute atomic E-state index is 0.283. The Bertz CT molecular complexity index is 767. The number of benzene rings is 1. The van der Waals surface area contributed by atoms with Crippen molar-refractivity contribution in [2.45, 2.75) is 63.9 Å². The molecule has 0 amide bonds. The normalized spacial score (nSPS) is 16.4. The van der Waals surface area contributed by atoms with Gasteiger partial charge in [-0.05, 0) is 58.1 Å². The zero-order valence-electron chi connectivity index (χ0n) is 17.1. The predicted octanol–water partition coefficient (Wildman–Crippen LogP) is 2.80. The predicted molar refractivity (Wildman–Crippen MR) is 111 cm³/mol. The van der Waals surface area contributed by atoms with E-state index in [-0.39, 0.29) is 6.54 Å². The Morgan fingerprint density at radius 3 is 2.52 bits per heavy atom. The van der Waals surface area contributed by atoms with Gasteiger partial charge >= 0.3 is 0 Å². The molecular weight excluding hydrogens is 362 g/mol. The summed E-state index contributed by atoms with van der Waals surface area (Å²) in [4.78, 5) is 4.20. The number of aliphatic imine (C=N–C) groups is 1. The van der Waals surface area contributed by atoms with E-state index in [1.807, 2.05) is 0 Å². The number of aryl methyl sites for hydroxylation is 1. The maximum atomic E-state index is 11.9.